The second-order valence-corrected chi connectivity index (χ2v) is 11.9. The van der Waals surface area contributed by atoms with Crippen molar-refractivity contribution in [1.29, 1.82) is 0 Å². The van der Waals surface area contributed by atoms with Crippen molar-refractivity contribution in [3.63, 3.8) is 0 Å². The van der Waals surface area contributed by atoms with E-state index in [1.54, 1.807) is 12.1 Å². The predicted molar refractivity (Wildman–Crippen MR) is 159 cm³/mol. The predicted octanol–water partition coefficient (Wildman–Crippen LogP) is 7.99. The Morgan fingerprint density at radius 1 is 0.477 bits per heavy atom. The number of azo groups is 3. The topological polar surface area (TPSA) is 223 Å². The molecule has 0 radical (unpaired) electrons. The summed E-state index contributed by atoms with van der Waals surface area (Å²) in [5.41, 5.74) is 1.30. The summed E-state index contributed by atoms with van der Waals surface area (Å²) in [4.78, 5) is -0.955. The van der Waals surface area contributed by atoms with Crippen LogP contribution in [0.25, 0.3) is 10.8 Å². The second-order valence-electron chi connectivity index (χ2n) is 9.05. The zero-order chi connectivity index (χ0) is 31.5. The summed E-state index contributed by atoms with van der Waals surface area (Å²) in [6, 6.07) is 22.7. The minimum absolute atomic E-state index is 0.0705. The van der Waals surface area contributed by atoms with Gasteiger partial charge in [0.25, 0.3) is 20.2 Å². The zero-order valence-corrected chi connectivity index (χ0v) is 23.8. The average Bonchev–Trinajstić information content (AvgIpc) is 2.99. The van der Waals surface area contributed by atoms with Crippen LogP contribution in [-0.2, 0) is 20.2 Å². The van der Waals surface area contributed by atoms with Crippen molar-refractivity contribution in [1.82, 2.24) is 0 Å². The lowest BCUT2D eigenvalue weighted by Gasteiger charge is -2.09. The van der Waals surface area contributed by atoms with Crippen LogP contribution in [0.5, 0.6) is 11.5 Å². The molecule has 0 spiro atoms. The van der Waals surface area contributed by atoms with Crippen LogP contribution < -0.4 is 0 Å². The number of rotatable bonds is 8. The maximum absolute atomic E-state index is 12.2. The Balaban J connectivity index is 1.39. The number of hydrogen-bond donors (Lipinski definition) is 4. The van der Waals surface area contributed by atoms with Gasteiger partial charge in [-0.25, -0.2) is 0 Å². The van der Waals surface area contributed by atoms with Gasteiger partial charge in [-0.3, -0.25) is 9.11 Å². The number of phenolic OH excluding ortho intramolecular Hbond substituents is 2. The first-order chi connectivity index (χ1) is 20.9. The van der Waals surface area contributed by atoms with Crippen LogP contribution >= 0.6 is 0 Å². The Bertz CT molecular complexity index is 2170. The molecule has 16 heteroatoms. The van der Waals surface area contributed by atoms with Gasteiger partial charge in [0.2, 0.25) is 0 Å². The molecule has 0 aliphatic rings. The van der Waals surface area contributed by atoms with E-state index in [2.05, 4.69) is 30.7 Å². The fourth-order valence-corrected chi connectivity index (χ4v) is 4.96. The molecular weight excluding hydrogens is 612 g/mol. The molecule has 0 aliphatic heterocycles. The molecule has 4 N–H and O–H groups in total. The van der Waals surface area contributed by atoms with Crippen LogP contribution in [0.15, 0.2) is 138 Å². The fourth-order valence-electron chi connectivity index (χ4n) is 3.82. The first-order valence-corrected chi connectivity index (χ1v) is 15.2. The monoisotopic (exact) mass is 632 g/mol. The summed E-state index contributed by atoms with van der Waals surface area (Å²) in [6.07, 6.45) is 0. The molecule has 0 amide bonds. The molecule has 0 saturated carbocycles. The highest BCUT2D eigenvalue weighted by molar-refractivity contribution is 7.86. The first-order valence-electron chi connectivity index (χ1n) is 12.4. The number of nitrogens with zero attached hydrogens (tertiary/aromatic N) is 6. The molecule has 5 rings (SSSR count). The van der Waals surface area contributed by atoms with Gasteiger partial charge in [-0.15, -0.1) is 5.11 Å². The zero-order valence-electron chi connectivity index (χ0n) is 22.2. The highest BCUT2D eigenvalue weighted by atomic mass is 32.2. The van der Waals surface area contributed by atoms with Crippen molar-refractivity contribution in [2.24, 2.45) is 30.7 Å². The molecule has 5 aromatic rings. The second kappa shape index (κ2) is 12.1. The molecular formula is C28H20N6O8S2. The van der Waals surface area contributed by atoms with Crippen LogP contribution in [0.4, 0.5) is 34.1 Å². The lowest BCUT2D eigenvalue weighted by molar-refractivity contribution is 0.472. The van der Waals surface area contributed by atoms with Crippen LogP contribution in [-0.4, -0.2) is 36.2 Å². The Labute approximate surface area is 249 Å². The Kier molecular flexibility index (Phi) is 8.23. The molecule has 0 aromatic heterocycles. The lowest BCUT2D eigenvalue weighted by Crippen LogP contribution is -1.99. The number of benzene rings is 5. The molecule has 0 saturated heterocycles. The van der Waals surface area contributed by atoms with E-state index in [4.69, 9.17) is 4.55 Å². The molecule has 0 atom stereocenters. The highest BCUT2D eigenvalue weighted by Crippen LogP contribution is 2.42. The van der Waals surface area contributed by atoms with Crippen molar-refractivity contribution >= 4 is 65.1 Å². The van der Waals surface area contributed by atoms with Crippen LogP contribution in [0, 0.1) is 0 Å². The summed E-state index contributed by atoms with van der Waals surface area (Å²) in [6.45, 7) is 0. The summed E-state index contributed by atoms with van der Waals surface area (Å²) in [7, 11) is -9.16. The molecule has 44 heavy (non-hydrogen) atoms. The molecule has 0 heterocycles. The standard InChI is InChI=1S/C28H20N6O8S2/c35-23-10-5-20(6-11-23)31-33-22-9-14-25-17(15-22)16-26(44(40,41)42)27(28(25)36)34-32-19-3-1-18(2-4-19)29-30-21-7-12-24(13-8-21)43(37,38)39/h1-16,35-36H,(H,37,38,39)(H,40,41,42). The molecule has 222 valence electrons. The van der Waals surface area contributed by atoms with Gasteiger partial charge < -0.3 is 10.2 Å². The number of fused-ring (bicyclic) bond motifs is 1. The van der Waals surface area contributed by atoms with E-state index >= 15 is 0 Å². The van der Waals surface area contributed by atoms with E-state index < -0.39 is 36.6 Å². The third-order valence-corrected chi connectivity index (χ3v) is 7.71. The molecule has 0 aliphatic carbocycles. The van der Waals surface area contributed by atoms with Crippen molar-refractivity contribution in [2.75, 3.05) is 0 Å². The number of aromatic hydroxyl groups is 2. The number of phenols is 2. The first kappa shape index (κ1) is 30.1. The molecule has 14 nitrogen and oxygen atoms in total. The van der Waals surface area contributed by atoms with Gasteiger partial charge in [0.15, 0.2) is 5.75 Å². The normalized spacial score (nSPS) is 12.6. The van der Waals surface area contributed by atoms with Gasteiger partial charge in [0.1, 0.15) is 16.3 Å². The summed E-state index contributed by atoms with van der Waals surface area (Å²) in [5, 5.41) is 44.8. The van der Waals surface area contributed by atoms with Crippen molar-refractivity contribution < 1.29 is 36.2 Å². The van der Waals surface area contributed by atoms with Crippen LogP contribution in [0.2, 0.25) is 0 Å². The Morgan fingerprint density at radius 3 is 1.41 bits per heavy atom. The van der Waals surface area contributed by atoms with Gasteiger partial charge in [0.05, 0.1) is 33.3 Å². The van der Waals surface area contributed by atoms with Gasteiger partial charge in [0, 0.05) is 5.39 Å². The maximum Gasteiger partial charge on any atom is 0.296 e. The summed E-state index contributed by atoms with van der Waals surface area (Å²) >= 11 is 0. The minimum Gasteiger partial charge on any atom is -0.508 e. The van der Waals surface area contributed by atoms with Gasteiger partial charge in [-0.2, -0.15) is 42.4 Å². The molecule has 5 aromatic carbocycles. The van der Waals surface area contributed by atoms with E-state index in [-0.39, 0.29) is 27.1 Å². The largest absolute Gasteiger partial charge is 0.508 e. The average molecular weight is 633 g/mol. The lowest BCUT2D eigenvalue weighted by atomic mass is 10.1. The highest BCUT2D eigenvalue weighted by Gasteiger charge is 2.22. The third-order valence-electron chi connectivity index (χ3n) is 5.97. The Hall–Kier alpha value is -5.42. The van der Waals surface area contributed by atoms with Gasteiger partial charge in [-0.1, -0.05) is 0 Å². The Morgan fingerprint density at radius 2 is 0.909 bits per heavy atom. The number of hydrogen-bond acceptors (Lipinski definition) is 12. The van der Waals surface area contributed by atoms with Crippen LogP contribution in [0.3, 0.4) is 0 Å². The van der Waals surface area contributed by atoms with Gasteiger partial charge in [-0.05, 0) is 102 Å². The van der Waals surface area contributed by atoms with E-state index in [9.17, 15) is 31.6 Å². The summed E-state index contributed by atoms with van der Waals surface area (Å²) < 4.78 is 65.6. The van der Waals surface area contributed by atoms with Gasteiger partial charge >= 0.3 is 0 Å². The fraction of sp³-hybridized carbons (Fsp3) is 0. The molecule has 0 bridgehead atoms. The van der Waals surface area contributed by atoms with E-state index in [1.165, 1.54) is 78.9 Å². The SMILES string of the molecule is O=S(=O)(O)c1ccc(N=Nc2ccc(N=Nc3c(S(=O)(=O)O)cc4cc(N=Nc5ccc(O)cc5)ccc4c3O)cc2)cc1. The van der Waals surface area contributed by atoms with Crippen molar-refractivity contribution in [2.45, 2.75) is 9.79 Å². The molecule has 0 fully saturated rings. The minimum atomic E-state index is -4.84. The van der Waals surface area contributed by atoms with Crippen molar-refractivity contribution in [3.05, 3.63) is 97.1 Å². The third kappa shape index (κ3) is 7.13. The smallest absolute Gasteiger partial charge is 0.296 e. The van der Waals surface area contributed by atoms with Crippen LogP contribution in [0.1, 0.15) is 0 Å². The molecule has 0 unspecified atom stereocenters. The van der Waals surface area contributed by atoms with E-state index in [0.29, 0.717) is 22.7 Å². The van der Waals surface area contributed by atoms with E-state index in [1.807, 2.05) is 0 Å². The summed E-state index contributed by atoms with van der Waals surface area (Å²) in [5.74, 6) is -0.465. The quantitative estimate of drug-likeness (QED) is 0.0966. The van der Waals surface area contributed by atoms with Crippen molar-refractivity contribution in [3.8, 4) is 11.5 Å². The maximum atomic E-state index is 12.2. The van der Waals surface area contributed by atoms with E-state index in [0.717, 1.165) is 6.07 Å².